The SMILES string of the molecule is Cc1nc(CN(C)C(=O)Nc2ccc(NC(=O)C3CC3)cc2)cs1. The van der Waals surface area contributed by atoms with E-state index >= 15 is 0 Å². The van der Waals surface area contributed by atoms with Crippen LogP contribution in [0.4, 0.5) is 16.2 Å². The van der Waals surface area contributed by atoms with Crippen molar-refractivity contribution in [1.82, 2.24) is 9.88 Å². The van der Waals surface area contributed by atoms with Gasteiger partial charge in [0.15, 0.2) is 0 Å². The number of urea groups is 1. The summed E-state index contributed by atoms with van der Waals surface area (Å²) in [5.74, 6) is 0.248. The molecule has 24 heavy (non-hydrogen) atoms. The zero-order valence-electron chi connectivity index (χ0n) is 13.7. The van der Waals surface area contributed by atoms with Gasteiger partial charge in [0.1, 0.15) is 0 Å². The highest BCUT2D eigenvalue weighted by Crippen LogP contribution is 2.30. The quantitative estimate of drug-likeness (QED) is 0.872. The zero-order chi connectivity index (χ0) is 17.1. The highest BCUT2D eigenvalue weighted by Gasteiger charge is 2.29. The van der Waals surface area contributed by atoms with Crippen LogP contribution in [0.3, 0.4) is 0 Å². The van der Waals surface area contributed by atoms with Gasteiger partial charge < -0.3 is 15.5 Å². The largest absolute Gasteiger partial charge is 0.326 e. The molecule has 1 fully saturated rings. The summed E-state index contributed by atoms with van der Waals surface area (Å²) in [6.45, 7) is 2.41. The van der Waals surface area contributed by atoms with Crippen molar-refractivity contribution < 1.29 is 9.59 Å². The molecule has 3 amide bonds. The Morgan fingerprint density at radius 1 is 1.21 bits per heavy atom. The number of hydrogen-bond donors (Lipinski definition) is 2. The third-order valence-corrected chi connectivity index (χ3v) is 4.59. The Labute approximate surface area is 144 Å². The predicted molar refractivity (Wildman–Crippen MR) is 95.1 cm³/mol. The summed E-state index contributed by atoms with van der Waals surface area (Å²) in [4.78, 5) is 29.8. The van der Waals surface area contributed by atoms with Crippen LogP contribution in [0.2, 0.25) is 0 Å². The molecule has 0 spiro atoms. The van der Waals surface area contributed by atoms with Crippen molar-refractivity contribution in [3.63, 3.8) is 0 Å². The van der Waals surface area contributed by atoms with E-state index in [9.17, 15) is 9.59 Å². The van der Waals surface area contributed by atoms with Crippen molar-refractivity contribution in [3.05, 3.63) is 40.3 Å². The van der Waals surface area contributed by atoms with Gasteiger partial charge in [-0.25, -0.2) is 9.78 Å². The number of benzene rings is 1. The lowest BCUT2D eigenvalue weighted by Gasteiger charge is -2.17. The molecule has 3 rings (SSSR count). The Balaban J connectivity index is 1.52. The van der Waals surface area contributed by atoms with E-state index in [4.69, 9.17) is 0 Å². The van der Waals surface area contributed by atoms with Gasteiger partial charge in [-0.05, 0) is 44.0 Å². The number of carbonyl (C=O) groups excluding carboxylic acids is 2. The van der Waals surface area contributed by atoms with Crippen LogP contribution in [-0.4, -0.2) is 28.9 Å². The van der Waals surface area contributed by atoms with Crippen LogP contribution >= 0.6 is 11.3 Å². The van der Waals surface area contributed by atoms with Gasteiger partial charge in [0, 0.05) is 29.7 Å². The average Bonchev–Trinajstić information content (AvgIpc) is 3.33. The minimum Gasteiger partial charge on any atom is -0.326 e. The van der Waals surface area contributed by atoms with Gasteiger partial charge >= 0.3 is 6.03 Å². The fraction of sp³-hybridized carbons (Fsp3) is 0.353. The van der Waals surface area contributed by atoms with Gasteiger partial charge in [-0.3, -0.25) is 4.79 Å². The van der Waals surface area contributed by atoms with Gasteiger partial charge in [-0.15, -0.1) is 11.3 Å². The lowest BCUT2D eigenvalue weighted by molar-refractivity contribution is -0.117. The number of rotatable bonds is 5. The Kier molecular flexibility index (Phi) is 4.80. The summed E-state index contributed by atoms with van der Waals surface area (Å²) in [5, 5.41) is 8.65. The second-order valence-corrected chi connectivity index (χ2v) is 7.05. The Morgan fingerprint density at radius 2 is 1.83 bits per heavy atom. The van der Waals surface area contributed by atoms with Crippen LogP contribution in [0, 0.1) is 12.8 Å². The summed E-state index contributed by atoms with van der Waals surface area (Å²) in [7, 11) is 1.73. The number of nitrogens with zero attached hydrogens (tertiary/aromatic N) is 2. The van der Waals surface area contributed by atoms with E-state index in [1.54, 1.807) is 47.5 Å². The molecule has 0 saturated heterocycles. The van der Waals surface area contributed by atoms with Gasteiger partial charge in [-0.1, -0.05) is 0 Å². The molecule has 6 nitrogen and oxygen atoms in total. The molecule has 7 heteroatoms. The molecular weight excluding hydrogens is 324 g/mol. The number of hydrogen-bond acceptors (Lipinski definition) is 4. The molecule has 0 atom stereocenters. The topological polar surface area (TPSA) is 74.3 Å². The second-order valence-electron chi connectivity index (χ2n) is 5.98. The molecular formula is C17H20N4O2S. The number of carbonyl (C=O) groups is 2. The van der Waals surface area contributed by atoms with E-state index in [0.717, 1.165) is 29.2 Å². The van der Waals surface area contributed by atoms with Crippen LogP contribution in [0.5, 0.6) is 0 Å². The van der Waals surface area contributed by atoms with E-state index < -0.39 is 0 Å². The fourth-order valence-corrected chi connectivity index (χ4v) is 2.85. The molecule has 0 aliphatic heterocycles. The second kappa shape index (κ2) is 7.00. The normalized spacial score (nSPS) is 13.4. The molecule has 1 aliphatic rings. The van der Waals surface area contributed by atoms with Crippen molar-refractivity contribution in [3.8, 4) is 0 Å². The van der Waals surface area contributed by atoms with Gasteiger partial charge in [0.2, 0.25) is 5.91 Å². The number of anilines is 2. The summed E-state index contributed by atoms with van der Waals surface area (Å²) in [6, 6.07) is 6.94. The standard InChI is InChI=1S/C17H20N4O2S/c1-11-18-15(10-24-11)9-21(2)17(23)20-14-7-5-13(6-8-14)19-16(22)12-3-4-12/h5-8,10,12H,3-4,9H2,1-2H3,(H,19,22)(H,20,23). The lowest BCUT2D eigenvalue weighted by atomic mass is 10.2. The van der Waals surface area contributed by atoms with Crippen LogP contribution in [0.1, 0.15) is 23.5 Å². The molecule has 126 valence electrons. The first-order valence-electron chi connectivity index (χ1n) is 7.85. The number of thiazole rings is 1. The first-order valence-corrected chi connectivity index (χ1v) is 8.73. The molecule has 0 bridgehead atoms. The minimum absolute atomic E-state index is 0.0741. The van der Waals surface area contributed by atoms with Crippen molar-refractivity contribution in [1.29, 1.82) is 0 Å². The molecule has 0 unspecified atom stereocenters. The molecule has 1 saturated carbocycles. The monoisotopic (exact) mass is 344 g/mol. The Morgan fingerprint density at radius 3 is 2.38 bits per heavy atom. The molecule has 1 aliphatic carbocycles. The summed E-state index contributed by atoms with van der Waals surface area (Å²) in [5.41, 5.74) is 2.32. The fourth-order valence-electron chi connectivity index (χ4n) is 2.24. The predicted octanol–water partition coefficient (Wildman–Crippen LogP) is 3.46. The maximum absolute atomic E-state index is 12.2. The van der Waals surface area contributed by atoms with E-state index in [1.165, 1.54) is 0 Å². The van der Waals surface area contributed by atoms with E-state index in [0.29, 0.717) is 12.2 Å². The first-order chi connectivity index (χ1) is 11.5. The highest BCUT2D eigenvalue weighted by molar-refractivity contribution is 7.09. The van der Waals surface area contributed by atoms with Crippen molar-refractivity contribution in [2.24, 2.45) is 5.92 Å². The third-order valence-electron chi connectivity index (χ3n) is 3.76. The summed E-state index contributed by atoms with van der Waals surface area (Å²) < 4.78 is 0. The number of aryl methyl sites for hydroxylation is 1. The van der Waals surface area contributed by atoms with Crippen LogP contribution in [0.25, 0.3) is 0 Å². The zero-order valence-corrected chi connectivity index (χ0v) is 14.5. The van der Waals surface area contributed by atoms with Gasteiger partial charge in [-0.2, -0.15) is 0 Å². The van der Waals surface area contributed by atoms with Gasteiger partial charge in [0.25, 0.3) is 0 Å². The van der Waals surface area contributed by atoms with E-state index in [1.807, 2.05) is 12.3 Å². The van der Waals surface area contributed by atoms with Crippen molar-refractivity contribution >= 4 is 34.6 Å². The highest BCUT2D eigenvalue weighted by atomic mass is 32.1. The summed E-state index contributed by atoms with van der Waals surface area (Å²) >= 11 is 1.57. The number of aromatic nitrogens is 1. The number of nitrogens with one attached hydrogen (secondary N) is 2. The smallest absolute Gasteiger partial charge is 0.321 e. The molecule has 1 aromatic heterocycles. The van der Waals surface area contributed by atoms with Gasteiger partial charge in [0.05, 0.1) is 17.2 Å². The van der Waals surface area contributed by atoms with E-state index in [2.05, 4.69) is 15.6 Å². The maximum atomic E-state index is 12.2. The first kappa shape index (κ1) is 16.4. The summed E-state index contributed by atoms with van der Waals surface area (Å²) in [6.07, 6.45) is 1.95. The molecule has 0 radical (unpaired) electrons. The van der Waals surface area contributed by atoms with Crippen molar-refractivity contribution in [2.45, 2.75) is 26.3 Å². The Hall–Kier alpha value is -2.41. The maximum Gasteiger partial charge on any atom is 0.321 e. The lowest BCUT2D eigenvalue weighted by Crippen LogP contribution is -2.30. The molecule has 2 aromatic rings. The van der Waals surface area contributed by atoms with Crippen LogP contribution in [0.15, 0.2) is 29.6 Å². The Bertz CT molecular complexity index is 737. The molecule has 1 aromatic carbocycles. The number of amides is 3. The van der Waals surface area contributed by atoms with Crippen LogP contribution in [-0.2, 0) is 11.3 Å². The average molecular weight is 344 g/mol. The van der Waals surface area contributed by atoms with Crippen molar-refractivity contribution in [2.75, 3.05) is 17.7 Å². The van der Waals surface area contributed by atoms with E-state index in [-0.39, 0.29) is 17.9 Å². The minimum atomic E-state index is -0.199. The van der Waals surface area contributed by atoms with Crippen LogP contribution < -0.4 is 10.6 Å². The molecule has 2 N–H and O–H groups in total. The molecule has 1 heterocycles. The third kappa shape index (κ3) is 4.32.